The van der Waals surface area contributed by atoms with Crippen LogP contribution >= 0.6 is 7.60 Å². The van der Waals surface area contributed by atoms with Gasteiger partial charge in [-0.05, 0) is 82.1 Å². The normalized spacial score (nSPS) is 15.3. The molecule has 10 heteroatoms. The maximum Gasteiger partial charge on any atom is 0.361 e. The molecule has 1 saturated heterocycles. The highest BCUT2D eigenvalue weighted by Crippen LogP contribution is 2.47. The number of aliphatic imine (C=N–C) groups is 1. The number of aromatic nitrogens is 1. The third kappa shape index (κ3) is 7.08. The highest BCUT2D eigenvalue weighted by molar-refractivity contribution is 7.62. The second-order valence-electron chi connectivity index (χ2n) is 10.6. The van der Waals surface area contributed by atoms with Gasteiger partial charge in [-0.3, -0.25) is 9.36 Å². The van der Waals surface area contributed by atoms with Crippen LogP contribution < -0.4 is 5.30 Å². The zero-order chi connectivity index (χ0) is 30.4. The first-order chi connectivity index (χ1) is 20.8. The third-order valence-electron chi connectivity index (χ3n) is 7.79. The molecule has 0 saturated carbocycles. The van der Waals surface area contributed by atoms with Crippen LogP contribution in [0.4, 0.5) is 5.69 Å². The number of hydrogen-bond acceptors (Lipinski definition) is 7. The van der Waals surface area contributed by atoms with Crippen LogP contribution in [0.3, 0.4) is 0 Å². The van der Waals surface area contributed by atoms with Gasteiger partial charge in [-0.2, -0.15) is 0 Å². The molecule has 3 aromatic carbocycles. The Hall–Kier alpha value is -3.75. The Morgan fingerprint density at radius 3 is 2.30 bits per heavy atom. The Kier molecular flexibility index (Phi) is 9.78. The average Bonchev–Trinajstić information content (AvgIpc) is 3.35. The lowest BCUT2D eigenvalue weighted by atomic mass is 9.97. The van der Waals surface area contributed by atoms with E-state index in [1.807, 2.05) is 42.5 Å². The first-order valence-corrected chi connectivity index (χ1v) is 16.3. The number of carboxylic acids is 1. The molecule has 0 atom stereocenters. The number of nitrogens with one attached hydrogen (secondary N) is 1. The van der Waals surface area contributed by atoms with Crippen LogP contribution in [0.25, 0.3) is 10.9 Å². The number of rotatable bonds is 12. The van der Waals surface area contributed by atoms with E-state index in [0.717, 1.165) is 37.3 Å². The second kappa shape index (κ2) is 13.7. The number of benzene rings is 3. The average molecular weight is 604 g/mol. The van der Waals surface area contributed by atoms with Gasteiger partial charge in [0.05, 0.1) is 41.4 Å². The molecule has 226 valence electrons. The fourth-order valence-electron chi connectivity index (χ4n) is 5.52. The van der Waals surface area contributed by atoms with Crippen LogP contribution in [0.5, 0.6) is 5.88 Å². The molecule has 2 heterocycles. The summed E-state index contributed by atoms with van der Waals surface area (Å²) in [6.45, 7) is 6.50. The van der Waals surface area contributed by atoms with E-state index in [1.165, 1.54) is 5.56 Å². The SMILES string of the molecule is CCOP(=O)(OCC)c1ccc2[nH]c(O)c(C(=Nc3ccc(CCN4CCC(C(=O)O)CC4)cc3)c3ccccc3)c2c1. The molecule has 3 N–H and O–H groups in total. The lowest BCUT2D eigenvalue weighted by Gasteiger charge is -2.29. The van der Waals surface area contributed by atoms with Gasteiger partial charge in [0.2, 0.25) is 0 Å². The number of aromatic hydroxyl groups is 1. The Morgan fingerprint density at radius 2 is 1.67 bits per heavy atom. The molecule has 1 aliphatic heterocycles. The first-order valence-electron chi connectivity index (χ1n) is 14.7. The van der Waals surface area contributed by atoms with Crippen molar-refractivity contribution < 1.29 is 28.6 Å². The van der Waals surface area contributed by atoms with Crippen molar-refractivity contribution in [1.29, 1.82) is 0 Å². The van der Waals surface area contributed by atoms with Gasteiger partial charge in [-0.25, -0.2) is 4.99 Å². The zero-order valence-corrected chi connectivity index (χ0v) is 25.4. The fourth-order valence-corrected chi connectivity index (χ4v) is 7.12. The van der Waals surface area contributed by atoms with Crippen LogP contribution in [0.1, 0.15) is 43.4 Å². The van der Waals surface area contributed by atoms with Crippen molar-refractivity contribution in [3.8, 4) is 5.88 Å². The van der Waals surface area contributed by atoms with Crippen molar-refractivity contribution in [2.24, 2.45) is 10.9 Å². The smallest absolute Gasteiger partial charge is 0.361 e. The Balaban J connectivity index is 1.45. The molecule has 1 fully saturated rings. The monoisotopic (exact) mass is 603 g/mol. The van der Waals surface area contributed by atoms with E-state index >= 15 is 0 Å². The number of hydrogen-bond donors (Lipinski definition) is 3. The zero-order valence-electron chi connectivity index (χ0n) is 24.5. The van der Waals surface area contributed by atoms with Gasteiger partial charge in [0.25, 0.3) is 0 Å². The van der Waals surface area contributed by atoms with E-state index in [9.17, 15) is 19.6 Å². The Labute approximate surface area is 251 Å². The summed E-state index contributed by atoms with van der Waals surface area (Å²) in [6.07, 6.45) is 2.25. The largest absolute Gasteiger partial charge is 0.494 e. The summed E-state index contributed by atoms with van der Waals surface area (Å²) in [7, 11) is -3.55. The number of piperidine rings is 1. The molecular formula is C33H38N3O6P. The molecule has 5 rings (SSSR count). The van der Waals surface area contributed by atoms with E-state index in [4.69, 9.17) is 14.0 Å². The molecule has 1 aromatic heterocycles. The molecule has 1 aliphatic rings. The van der Waals surface area contributed by atoms with Gasteiger partial charge in [-0.15, -0.1) is 0 Å². The maximum atomic E-state index is 13.6. The molecule has 0 radical (unpaired) electrons. The van der Waals surface area contributed by atoms with Crippen LogP contribution in [0.15, 0.2) is 77.8 Å². The molecule has 9 nitrogen and oxygen atoms in total. The molecule has 0 bridgehead atoms. The summed E-state index contributed by atoms with van der Waals surface area (Å²) in [5, 5.41) is 21.4. The number of aliphatic carboxylic acids is 1. The summed E-state index contributed by atoms with van der Waals surface area (Å²) in [6, 6.07) is 22.9. The minimum atomic E-state index is -3.55. The van der Waals surface area contributed by atoms with E-state index in [0.29, 0.717) is 40.3 Å². The number of carboxylic acid groups (broad SMARTS) is 1. The van der Waals surface area contributed by atoms with Gasteiger partial charge in [0.15, 0.2) is 5.88 Å². The number of aromatic amines is 1. The highest BCUT2D eigenvalue weighted by Gasteiger charge is 2.29. The van der Waals surface area contributed by atoms with Crippen LogP contribution in [0.2, 0.25) is 0 Å². The third-order valence-corrected chi connectivity index (χ3v) is 9.90. The van der Waals surface area contributed by atoms with E-state index in [1.54, 1.807) is 32.0 Å². The van der Waals surface area contributed by atoms with Crippen molar-refractivity contribution in [2.75, 3.05) is 32.8 Å². The quantitative estimate of drug-likeness (QED) is 0.129. The minimum Gasteiger partial charge on any atom is -0.494 e. The van der Waals surface area contributed by atoms with E-state index in [-0.39, 0.29) is 25.0 Å². The number of H-pyrrole nitrogens is 1. The molecule has 0 amide bonds. The molecular weight excluding hydrogens is 565 g/mol. The molecule has 0 spiro atoms. The van der Waals surface area contributed by atoms with Crippen LogP contribution in [0, 0.1) is 5.92 Å². The summed E-state index contributed by atoms with van der Waals surface area (Å²) >= 11 is 0. The molecule has 43 heavy (non-hydrogen) atoms. The second-order valence-corrected chi connectivity index (χ2v) is 12.6. The number of nitrogens with zero attached hydrogens (tertiary/aromatic N) is 2. The summed E-state index contributed by atoms with van der Waals surface area (Å²) in [5.41, 5.74) is 4.44. The molecule has 0 unspecified atom stereocenters. The predicted molar refractivity (Wildman–Crippen MR) is 169 cm³/mol. The predicted octanol–water partition coefficient (Wildman–Crippen LogP) is 6.27. The number of likely N-dealkylation sites (tertiary alicyclic amines) is 1. The minimum absolute atomic E-state index is 0.0410. The van der Waals surface area contributed by atoms with Crippen molar-refractivity contribution in [1.82, 2.24) is 9.88 Å². The van der Waals surface area contributed by atoms with Crippen LogP contribution in [-0.2, 0) is 24.8 Å². The summed E-state index contributed by atoms with van der Waals surface area (Å²) in [5.74, 6) is -0.960. The molecule has 4 aromatic rings. The van der Waals surface area contributed by atoms with Gasteiger partial charge in [-0.1, -0.05) is 42.5 Å². The maximum absolute atomic E-state index is 13.6. The van der Waals surface area contributed by atoms with Crippen LogP contribution in [-0.4, -0.2) is 64.6 Å². The van der Waals surface area contributed by atoms with Crippen molar-refractivity contribution in [2.45, 2.75) is 33.1 Å². The topological polar surface area (TPSA) is 124 Å². The molecule has 0 aliphatic carbocycles. The Bertz CT molecular complexity index is 1620. The summed E-state index contributed by atoms with van der Waals surface area (Å²) < 4.78 is 24.7. The van der Waals surface area contributed by atoms with Gasteiger partial charge in [0.1, 0.15) is 0 Å². The van der Waals surface area contributed by atoms with E-state index in [2.05, 4.69) is 22.0 Å². The number of fused-ring (bicyclic) bond motifs is 1. The lowest BCUT2D eigenvalue weighted by Crippen LogP contribution is -2.37. The van der Waals surface area contributed by atoms with Crippen molar-refractivity contribution >= 4 is 41.2 Å². The number of carbonyl (C=O) groups is 1. The van der Waals surface area contributed by atoms with Crippen molar-refractivity contribution in [3.05, 3.63) is 89.5 Å². The fraction of sp³-hybridized carbons (Fsp3) is 0.333. The van der Waals surface area contributed by atoms with Gasteiger partial charge >= 0.3 is 13.6 Å². The van der Waals surface area contributed by atoms with Crippen molar-refractivity contribution in [3.63, 3.8) is 0 Å². The van der Waals surface area contributed by atoms with Gasteiger partial charge in [0, 0.05) is 23.0 Å². The van der Waals surface area contributed by atoms with Gasteiger partial charge < -0.3 is 29.1 Å². The summed E-state index contributed by atoms with van der Waals surface area (Å²) in [4.78, 5) is 21.6. The lowest BCUT2D eigenvalue weighted by molar-refractivity contribution is -0.143. The Morgan fingerprint density at radius 1 is 1.00 bits per heavy atom. The van der Waals surface area contributed by atoms with E-state index < -0.39 is 13.6 Å². The highest BCUT2D eigenvalue weighted by atomic mass is 31.2. The first kappa shape index (κ1) is 30.7. The standard InChI is InChI=1S/C33H38N3O6P/c1-3-41-43(40,42-4-2)27-14-15-29-28(22-27)30(32(37)35-29)31(24-8-6-5-7-9-24)34-26-12-10-23(11-13-26)16-19-36-20-17-25(18-21-36)33(38)39/h5-15,22,25,35,37H,3-4,16-21H2,1-2H3,(H,38,39).